The van der Waals surface area contributed by atoms with Crippen LogP contribution in [0.4, 0.5) is 0 Å². The minimum Gasteiger partial charge on any atom is -0.354 e. The zero-order chi connectivity index (χ0) is 15.0. The SMILES string of the molecule is CC(=O)NC(CS)C(=O)NCCC(C)c1ccccc1. The molecule has 0 fully saturated rings. The summed E-state index contributed by atoms with van der Waals surface area (Å²) in [7, 11) is 0. The molecule has 2 amide bonds. The van der Waals surface area contributed by atoms with Gasteiger partial charge in [-0.15, -0.1) is 0 Å². The maximum Gasteiger partial charge on any atom is 0.243 e. The van der Waals surface area contributed by atoms with Crippen molar-refractivity contribution in [3.63, 3.8) is 0 Å². The van der Waals surface area contributed by atoms with Crippen LogP contribution in [-0.2, 0) is 9.59 Å². The molecular formula is C15H22N2O2S. The third kappa shape index (κ3) is 5.65. The largest absolute Gasteiger partial charge is 0.354 e. The number of carbonyl (C=O) groups excluding carboxylic acids is 2. The first-order valence-corrected chi connectivity index (χ1v) is 7.38. The lowest BCUT2D eigenvalue weighted by Crippen LogP contribution is -2.47. The number of hydrogen-bond acceptors (Lipinski definition) is 3. The zero-order valence-corrected chi connectivity index (χ0v) is 12.8. The van der Waals surface area contributed by atoms with Crippen LogP contribution in [-0.4, -0.2) is 30.2 Å². The van der Waals surface area contributed by atoms with Crippen molar-refractivity contribution in [1.29, 1.82) is 0 Å². The van der Waals surface area contributed by atoms with E-state index in [0.29, 0.717) is 18.2 Å². The molecule has 0 saturated carbocycles. The smallest absolute Gasteiger partial charge is 0.243 e. The van der Waals surface area contributed by atoms with Gasteiger partial charge in [0.2, 0.25) is 11.8 Å². The molecule has 1 rings (SSSR count). The summed E-state index contributed by atoms with van der Waals surface area (Å²) in [5.74, 6) is 0.263. The number of thiol groups is 1. The lowest BCUT2D eigenvalue weighted by Gasteiger charge is -2.17. The Morgan fingerprint density at radius 3 is 2.45 bits per heavy atom. The van der Waals surface area contributed by atoms with Gasteiger partial charge < -0.3 is 10.6 Å². The van der Waals surface area contributed by atoms with Gasteiger partial charge in [-0.3, -0.25) is 9.59 Å². The van der Waals surface area contributed by atoms with Gasteiger partial charge in [-0.05, 0) is 17.9 Å². The molecule has 0 aliphatic heterocycles. The van der Waals surface area contributed by atoms with Gasteiger partial charge in [-0.2, -0.15) is 12.6 Å². The molecule has 4 nitrogen and oxygen atoms in total. The quantitative estimate of drug-likeness (QED) is 0.671. The van der Waals surface area contributed by atoms with E-state index in [2.05, 4.69) is 42.3 Å². The summed E-state index contributed by atoms with van der Waals surface area (Å²) in [6.07, 6.45) is 0.856. The van der Waals surface area contributed by atoms with Crippen LogP contribution in [0.5, 0.6) is 0 Å². The van der Waals surface area contributed by atoms with Crippen LogP contribution in [0.2, 0.25) is 0 Å². The Morgan fingerprint density at radius 1 is 1.25 bits per heavy atom. The molecule has 0 aliphatic rings. The number of amides is 2. The predicted octanol–water partition coefficient (Wildman–Crippen LogP) is 1.73. The molecule has 0 bridgehead atoms. The summed E-state index contributed by atoms with van der Waals surface area (Å²) in [4.78, 5) is 22.8. The topological polar surface area (TPSA) is 58.2 Å². The molecule has 2 atom stereocenters. The Hall–Kier alpha value is -1.49. The number of benzene rings is 1. The van der Waals surface area contributed by atoms with Crippen molar-refractivity contribution >= 4 is 24.4 Å². The Bertz CT molecular complexity index is 437. The number of rotatable bonds is 7. The molecule has 0 aliphatic carbocycles. The second kappa shape index (κ2) is 8.64. The van der Waals surface area contributed by atoms with Crippen LogP contribution in [0, 0.1) is 0 Å². The second-order valence-electron chi connectivity index (χ2n) is 4.83. The van der Waals surface area contributed by atoms with E-state index < -0.39 is 6.04 Å². The summed E-state index contributed by atoms with van der Waals surface area (Å²) in [5.41, 5.74) is 1.26. The van der Waals surface area contributed by atoms with Gasteiger partial charge >= 0.3 is 0 Å². The summed E-state index contributed by atoms with van der Waals surface area (Å²) in [6, 6.07) is 9.61. The highest BCUT2D eigenvalue weighted by atomic mass is 32.1. The van der Waals surface area contributed by atoms with E-state index >= 15 is 0 Å². The monoisotopic (exact) mass is 294 g/mol. The molecule has 110 valence electrons. The Labute approximate surface area is 125 Å². The molecule has 1 aromatic rings. The van der Waals surface area contributed by atoms with Gasteiger partial charge in [0.15, 0.2) is 0 Å². The zero-order valence-electron chi connectivity index (χ0n) is 11.9. The van der Waals surface area contributed by atoms with Crippen LogP contribution in [0.25, 0.3) is 0 Å². The van der Waals surface area contributed by atoms with E-state index in [-0.39, 0.29) is 11.8 Å². The van der Waals surface area contributed by atoms with Crippen molar-refractivity contribution in [2.24, 2.45) is 0 Å². The predicted molar refractivity (Wildman–Crippen MR) is 83.9 cm³/mol. The molecule has 1 aromatic carbocycles. The first-order valence-electron chi connectivity index (χ1n) is 6.75. The average molecular weight is 294 g/mol. The van der Waals surface area contributed by atoms with Crippen molar-refractivity contribution in [1.82, 2.24) is 10.6 Å². The fourth-order valence-corrected chi connectivity index (χ4v) is 2.18. The Kier molecular flexibility index (Phi) is 7.15. The molecule has 2 unspecified atom stereocenters. The van der Waals surface area contributed by atoms with Crippen LogP contribution in [0.3, 0.4) is 0 Å². The summed E-state index contributed by atoms with van der Waals surface area (Å²) < 4.78 is 0. The number of carbonyl (C=O) groups is 2. The Balaban J connectivity index is 2.36. The van der Waals surface area contributed by atoms with Gasteiger partial charge in [-0.25, -0.2) is 0 Å². The molecule has 20 heavy (non-hydrogen) atoms. The van der Waals surface area contributed by atoms with Crippen molar-refractivity contribution in [2.45, 2.75) is 32.2 Å². The molecule has 5 heteroatoms. The maximum atomic E-state index is 11.9. The van der Waals surface area contributed by atoms with Gasteiger partial charge in [-0.1, -0.05) is 37.3 Å². The summed E-state index contributed by atoms with van der Waals surface area (Å²) in [6.45, 7) is 4.10. The van der Waals surface area contributed by atoms with E-state index in [4.69, 9.17) is 0 Å². The molecule has 0 radical (unpaired) electrons. The van der Waals surface area contributed by atoms with Crippen molar-refractivity contribution in [2.75, 3.05) is 12.3 Å². The third-order valence-corrected chi connectivity index (χ3v) is 3.49. The summed E-state index contributed by atoms with van der Waals surface area (Å²) in [5, 5.41) is 5.41. The van der Waals surface area contributed by atoms with Crippen LogP contribution in [0.15, 0.2) is 30.3 Å². The highest BCUT2D eigenvalue weighted by Gasteiger charge is 2.17. The van der Waals surface area contributed by atoms with Gasteiger partial charge in [0, 0.05) is 19.2 Å². The fourth-order valence-electron chi connectivity index (χ4n) is 1.92. The highest BCUT2D eigenvalue weighted by Crippen LogP contribution is 2.17. The number of hydrogen-bond donors (Lipinski definition) is 3. The minimum absolute atomic E-state index is 0.185. The van der Waals surface area contributed by atoms with E-state index in [1.54, 1.807) is 0 Å². The first kappa shape index (κ1) is 16.6. The minimum atomic E-state index is -0.567. The second-order valence-corrected chi connectivity index (χ2v) is 5.19. The van der Waals surface area contributed by atoms with Gasteiger partial charge in [0.05, 0.1) is 0 Å². The van der Waals surface area contributed by atoms with Crippen LogP contribution >= 0.6 is 12.6 Å². The highest BCUT2D eigenvalue weighted by molar-refractivity contribution is 7.80. The van der Waals surface area contributed by atoms with E-state index in [1.807, 2.05) is 18.2 Å². The Morgan fingerprint density at radius 2 is 1.90 bits per heavy atom. The first-order chi connectivity index (χ1) is 9.54. The van der Waals surface area contributed by atoms with Crippen molar-refractivity contribution < 1.29 is 9.59 Å². The molecule has 0 saturated heterocycles. The van der Waals surface area contributed by atoms with Crippen molar-refractivity contribution in [3.05, 3.63) is 35.9 Å². The lowest BCUT2D eigenvalue weighted by molar-refractivity contribution is -0.127. The van der Waals surface area contributed by atoms with Crippen LogP contribution < -0.4 is 10.6 Å². The van der Waals surface area contributed by atoms with Crippen molar-refractivity contribution in [3.8, 4) is 0 Å². The molecule has 0 spiro atoms. The van der Waals surface area contributed by atoms with Crippen LogP contribution in [0.1, 0.15) is 31.7 Å². The third-order valence-electron chi connectivity index (χ3n) is 3.12. The molecule has 0 aromatic heterocycles. The standard InChI is InChI=1S/C15H22N2O2S/c1-11(13-6-4-3-5-7-13)8-9-16-15(19)14(10-20)17-12(2)18/h3-7,11,14,20H,8-10H2,1-2H3,(H,16,19)(H,17,18). The normalized spacial score (nSPS) is 13.3. The average Bonchev–Trinajstić information content (AvgIpc) is 2.45. The molecular weight excluding hydrogens is 272 g/mol. The number of nitrogens with one attached hydrogen (secondary N) is 2. The van der Waals surface area contributed by atoms with E-state index in [1.165, 1.54) is 12.5 Å². The fraction of sp³-hybridized carbons (Fsp3) is 0.467. The summed E-state index contributed by atoms with van der Waals surface area (Å²) >= 11 is 4.07. The molecule has 2 N–H and O–H groups in total. The lowest BCUT2D eigenvalue weighted by atomic mass is 9.98. The van der Waals surface area contributed by atoms with E-state index in [9.17, 15) is 9.59 Å². The maximum absolute atomic E-state index is 11.9. The van der Waals surface area contributed by atoms with E-state index in [0.717, 1.165) is 6.42 Å². The van der Waals surface area contributed by atoms with Gasteiger partial charge in [0.1, 0.15) is 6.04 Å². The molecule has 0 heterocycles. The van der Waals surface area contributed by atoms with Gasteiger partial charge in [0.25, 0.3) is 0 Å².